The summed E-state index contributed by atoms with van der Waals surface area (Å²) in [4.78, 5) is 9.74. The van der Waals surface area contributed by atoms with Crippen LogP contribution in [0.1, 0.15) is 0 Å². The van der Waals surface area contributed by atoms with Crippen molar-refractivity contribution in [3.8, 4) is 5.75 Å². The molecule has 0 saturated carbocycles. The molecule has 0 unspecified atom stereocenters. The minimum atomic E-state index is -0.649. The van der Waals surface area contributed by atoms with E-state index in [0.717, 1.165) is 0 Å². The number of rotatable bonds is 1. The number of hydrogen-bond acceptors (Lipinski definition) is 3. The van der Waals surface area contributed by atoms with Crippen molar-refractivity contribution in [1.82, 2.24) is 0 Å². The molecule has 12 heavy (non-hydrogen) atoms. The molecule has 0 saturated heterocycles. The molecule has 0 bridgehead atoms. The Morgan fingerprint density at radius 3 is 2.42 bits per heavy atom. The summed E-state index contributed by atoms with van der Waals surface area (Å²) in [5.41, 5.74) is -0.329. The number of phenols is 1. The van der Waals surface area contributed by atoms with Gasteiger partial charge in [0.1, 0.15) is 4.47 Å². The molecule has 0 amide bonds. The van der Waals surface area contributed by atoms with Gasteiger partial charge >= 0.3 is 5.69 Å². The average Bonchev–Trinajstić information content (AvgIpc) is 1.97. The second-order valence-corrected chi connectivity index (χ2v) is 3.63. The van der Waals surface area contributed by atoms with E-state index in [0.29, 0.717) is 4.47 Å². The first-order valence-electron chi connectivity index (χ1n) is 2.85. The van der Waals surface area contributed by atoms with Crippen molar-refractivity contribution in [2.75, 3.05) is 0 Å². The zero-order valence-electron chi connectivity index (χ0n) is 5.62. The molecular weight excluding hydrogens is 294 g/mol. The van der Waals surface area contributed by atoms with Gasteiger partial charge in [0.05, 0.1) is 4.92 Å². The van der Waals surface area contributed by atoms with Gasteiger partial charge in [-0.1, -0.05) is 0 Å². The fourth-order valence-corrected chi connectivity index (χ4v) is 1.50. The van der Waals surface area contributed by atoms with Gasteiger partial charge in [-0.3, -0.25) is 10.1 Å². The van der Waals surface area contributed by atoms with E-state index in [-0.39, 0.29) is 15.9 Å². The van der Waals surface area contributed by atoms with Crippen LogP contribution in [0.4, 0.5) is 5.69 Å². The third-order valence-electron chi connectivity index (χ3n) is 1.23. The van der Waals surface area contributed by atoms with Gasteiger partial charge in [-0.25, -0.2) is 0 Å². The fourth-order valence-electron chi connectivity index (χ4n) is 0.703. The predicted octanol–water partition coefficient (Wildman–Crippen LogP) is 2.83. The summed E-state index contributed by atoms with van der Waals surface area (Å²) >= 11 is 6.07. The quantitative estimate of drug-likeness (QED) is 0.640. The second kappa shape index (κ2) is 3.40. The maximum atomic E-state index is 10.4. The number of nitrogens with zero attached hydrogens (tertiary/aromatic N) is 1. The normalized spacial score (nSPS) is 9.83. The van der Waals surface area contributed by atoms with E-state index in [2.05, 4.69) is 31.9 Å². The predicted molar refractivity (Wildman–Crippen MR) is 50.2 cm³/mol. The molecular formula is C6H3Br2NO3. The highest BCUT2D eigenvalue weighted by Crippen LogP contribution is 2.38. The first kappa shape index (κ1) is 9.47. The lowest BCUT2D eigenvalue weighted by Gasteiger charge is -1.99. The number of nitro benzene ring substituents is 1. The lowest BCUT2D eigenvalue weighted by molar-refractivity contribution is -0.386. The Hall–Kier alpha value is -0.620. The van der Waals surface area contributed by atoms with Crippen molar-refractivity contribution in [2.24, 2.45) is 0 Å². The summed E-state index contributed by atoms with van der Waals surface area (Å²) in [6.07, 6.45) is 0. The van der Waals surface area contributed by atoms with Crippen LogP contribution in [0.5, 0.6) is 5.75 Å². The summed E-state index contributed by atoms with van der Waals surface area (Å²) in [6, 6.07) is 2.78. The van der Waals surface area contributed by atoms with E-state index in [4.69, 9.17) is 5.11 Å². The number of aromatic hydroxyl groups is 1. The molecule has 0 spiro atoms. The lowest BCUT2D eigenvalue weighted by Crippen LogP contribution is -1.90. The molecule has 1 aromatic carbocycles. The molecule has 0 radical (unpaired) electrons. The fraction of sp³-hybridized carbons (Fsp3) is 0. The van der Waals surface area contributed by atoms with Crippen molar-refractivity contribution in [3.63, 3.8) is 0 Å². The minimum Gasteiger partial charge on any atom is -0.502 e. The number of phenolic OH excluding ortho intramolecular Hbond substituents is 1. The van der Waals surface area contributed by atoms with E-state index < -0.39 is 4.92 Å². The summed E-state index contributed by atoms with van der Waals surface area (Å²) in [7, 11) is 0. The van der Waals surface area contributed by atoms with Crippen molar-refractivity contribution >= 4 is 37.5 Å². The maximum absolute atomic E-state index is 10.4. The van der Waals surface area contributed by atoms with Gasteiger partial charge in [-0.05, 0) is 44.0 Å². The standard InChI is InChI=1S/C6H3Br2NO3/c7-3-1-2-4(10)6(5(3)8)9(11)12/h1-2,10H. The van der Waals surface area contributed by atoms with Crippen LogP contribution in [0, 0.1) is 10.1 Å². The summed E-state index contributed by atoms with van der Waals surface area (Å²) in [5, 5.41) is 19.5. The zero-order chi connectivity index (χ0) is 9.30. The third kappa shape index (κ3) is 1.59. The molecule has 0 fully saturated rings. The van der Waals surface area contributed by atoms with Crippen LogP contribution in [-0.2, 0) is 0 Å². The van der Waals surface area contributed by atoms with Gasteiger partial charge in [0, 0.05) is 4.47 Å². The Labute approximate surface area is 84.6 Å². The number of benzene rings is 1. The van der Waals surface area contributed by atoms with Crippen molar-refractivity contribution in [2.45, 2.75) is 0 Å². The number of halogens is 2. The van der Waals surface area contributed by atoms with Gasteiger partial charge < -0.3 is 5.11 Å². The van der Waals surface area contributed by atoms with E-state index in [9.17, 15) is 10.1 Å². The molecule has 1 rings (SSSR count). The van der Waals surface area contributed by atoms with Crippen molar-refractivity contribution in [3.05, 3.63) is 31.2 Å². The Kier molecular flexibility index (Phi) is 2.69. The topological polar surface area (TPSA) is 63.4 Å². The van der Waals surface area contributed by atoms with Gasteiger partial charge in [0.15, 0.2) is 5.75 Å². The first-order chi connectivity index (χ1) is 5.54. The smallest absolute Gasteiger partial charge is 0.325 e. The van der Waals surface area contributed by atoms with E-state index in [1.165, 1.54) is 12.1 Å². The molecule has 0 aliphatic carbocycles. The number of nitro groups is 1. The maximum Gasteiger partial charge on any atom is 0.325 e. The molecule has 0 heterocycles. The Balaban J connectivity index is 3.43. The second-order valence-electron chi connectivity index (χ2n) is 1.99. The molecule has 6 heteroatoms. The van der Waals surface area contributed by atoms with E-state index >= 15 is 0 Å². The number of hydrogen-bond donors (Lipinski definition) is 1. The summed E-state index contributed by atoms with van der Waals surface area (Å²) in [6.45, 7) is 0. The molecule has 0 atom stereocenters. The molecule has 4 nitrogen and oxygen atoms in total. The van der Waals surface area contributed by atoms with Gasteiger partial charge in [-0.2, -0.15) is 0 Å². The van der Waals surface area contributed by atoms with Gasteiger partial charge in [0.25, 0.3) is 0 Å². The van der Waals surface area contributed by atoms with E-state index in [1.54, 1.807) is 0 Å². The molecule has 1 aromatic rings. The van der Waals surface area contributed by atoms with Crippen LogP contribution >= 0.6 is 31.9 Å². The highest BCUT2D eigenvalue weighted by Gasteiger charge is 2.19. The summed E-state index contributed by atoms with van der Waals surface area (Å²) in [5.74, 6) is -0.352. The van der Waals surface area contributed by atoms with Crippen LogP contribution in [-0.4, -0.2) is 10.0 Å². The van der Waals surface area contributed by atoms with Crippen LogP contribution in [0.15, 0.2) is 21.1 Å². The molecule has 64 valence electrons. The lowest BCUT2D eigenvalue weighted by atomic mass is 10.3. The third-order valence-corrected chi connectivity index (χ3v) is 3.23. The van der Waals surface area contributed by atoms with Crippen molar-refractivity contribution in [1.29, 1.82) is 0 Å². The highest BCUT2D eigenvalue weighted by atomic mass is 79.9. The van der Waals surface area contributed by atoms with E-state index in [1.807, 2.05) is 0 Å². The van der Waals surface area contributed by atoms with Crippen LogP contribution < -0.4 is 0 Å². The van der Waals surface area contributed by atoms with Crippen LogP contribution in [0.3, 0.4) is 0 Å². The van der Waals surface area contributed by atoms with Crippen LogP contribution in [0.25, 0.3) is 0 Å². The first-order valence-corrected chi connectivity index (χ1v) is 4.44. The monoisotopic (exact) mass is 295 g/mol. The Morgan fingerprint density at radius 1 is 1.42 bits per heavy atom. The Morgan fingerprint density at radius 2 is 2.00 bits per heavy atom. The minimum absolute atomic E-state index is 0.243. The largest absolute Gasteiger partial charge is 0.502 e. The molecule has 0 aromatic heterocycles. The van der Waals surface area contributed by atoms with Gasteiger partial charge in [-0.15, -0.1) is 0 Å². The van der Waals surface area contributed by atoms with Gasteiger partial charge in [0.2, 0.25) is 0 Å². The molecule has 1 N–H and O–H groups in total. The molecule has 0 aliphatic heterocycles. The Bertz CT molecular complexity index is 340. The average molecular weight is 297 g/mol. The zero-order valence-corrected chi connectivity index (χ0v) is 8.79. The van der Waals surface area contributed by atoms with Crippen LogP contribution in [0.2, 0.25) is 0 Å². The SMILES string of the molecule is O=[N+]([O-])c1c(O)ccc(Br)c1Br. The highest BCUT2D eigenvalue weighted by molar-refractivity contribution is 9.13. The summed E-state index contributed by atoms with van der Waals surface area (Å²) < 4.78 is 0.777. The molecule has 0 aliphatic rings. The van der Waals surface area contributed by atoms with Crippen molar-refractivity contribution < 1.29 is 10.0 Å².